The van der Waals surface area contributed by atoms with Crippen molar-refractivity contribution in [3.05, 3.63) is 58.6 Å². The Hall–Kier alpha value is -2.73. The van der Waals surface area contributed by atoms with Gasteiger partial charge in [-0.2, -0.15) is 0 Å². The van der Waals surface area contributed by atoms with Gasteiger partial charge >= 0.3 is 0 Å². The molecule has 29 heavy (non-hydrogen) atoms. The van der Waals surface area contributed by atoms with Crippen molar-refractivity contribution >= 4 is 29.1 Å². The minimum absolute atomic E-state index is 0.115. The highest BCUT2D eigenvalue weighted by atomic mass is 35.5. The zero-order valence-corrected chi connectivity index (χ0v) is 17.6. The zero-order chi connectivity index (χ0) is 21.0. The Kier molecular flexibility index (Phi) is 6.64. The quantitative estimate of drug-likeness (QED) is 0.658. The van der Waals surface area contributed by atoms with E-state index < -0.39 is 0 Å². The van der Waals surface area contributed by atoms with Gasteiger partial charge in [0.05, 0.1) is 12.2 Å². The molecule has 3 rings (SSSR count). The lowest BCUT2D eigenvalue weighted by Gasteiger charge is -2.39. The molecule has 2 N–H and O–H groups in total. The van der Waals surface area contributed by atoms with Gasteiger partial charge in [0.2, 0.25) is 5.91 Å². The number of carbonyl (C=O) groups is 2. The number of para-hydroxylation sites is 1. The van der Waals surface area contributed by atoms with E-state index in [9.17, 15) is 9.59 Å². The van der Waals surface area contributed by atoms with Crippen LogP contribution < -0.4 is 15.5 Å². The fourth-order valence-corrected chi connectivity index (χ4v) is 3.47. The molecule has 0 saturated carbocycles. The third kappa shape index (κ3) is 5.01. The van der Waals surface area contributed by atoms with Crippen molar-refractivity contribution < 1.29 is 14.3 Å². The molecule has 1 atom stereocenters. The summed E-state index contributed by atoms with van der Waals surface area (Å²) in [5, 5.41) is 5.40. The van der Waals surface area contributed by atoms with Gasteiger partial charge in [0.25, 0.3) is 5.91 Å². The standard InChI is InChI=1S/C22H26ClN3O3/c1-14(2)21-24-18-8-5-4-7-17(18)22(28)26(21)25-20(27)9-6-12-29-19-11-10-16(23)13-15(19)3/h4-5,7-8,10-11,13-14,21,24H,6,9,12H2,1-3H3,(H,25,27). The normalized spacial score (nSPS) is 15.7. The molecule has 0 aliphatic carbocycles. The molecule has 1 aliphatic rings. The maximum absolute atomic E-state index is 12.9. The van der Waals surface area contributed by atoms with Crippen LogP contribution in [0.1, 0.15) is 42.6 Å². The molecule has 0 saturated heterocycles. The molecule has 6 nitrogen and oxygen atoms in total. The highest BCUT2D eigenvalue weighted by molar-refractivity contribution is 6.30. The average molecular weight is 416 g/mol. The van der Waals surface area contributed by atoms with Gasteiger partial charge in [-0.1, -0.05) is 37.6 Å². The van der Waals surface area contributed by atoms with Crippen molar-refractivity contribution in [3.8, 4) is 5.75 Å². The lowest BCUT2D eigenvalue weighted by atomic mass is 10.0. The Morgan fingerprint density at radius 3 is 2.76 bits per heavy atom. The Morgan fingerprint density at radius 1 is 1.28 bits per heavy atom. The number of hydrogen-bond acceptors (Lipinski definition) is 4. The SMILES string of the molecule is Cc1cc(Cl)ccc1OCCCC(=O)NN1C(=O)c2ccccc2NC1C(C)C. The zero-order valence-electron chi connectivity index (χ0n) is 16.9. The first-order chi connectivity index (χ1) is 13.9. The number of halogens is 1. The lowest BCUT2D eigenvalue weighted by Crippen LogP contribution is -2.59. The summed E-state index contributed by atoms with van der Waals surface area (Å²) >= 11 is 5.94. The number of aryl methyl sites for hydroxylation is 1. The third-order valence-corrected chi connectivity index (χ3v) is 5.01. The second-order valence-corrected chi connectivity index (χ2v) is 7.89. The molecule has 0 aromatic heterocycles. The predicted octanol–water partition coefficient (Wildman–Crippen LogP) is 4.39. The number of rotatable bonds is 7. The molecule has 1 aliphatic heterocycles. The van der Waals surface area contributed by atoms with Gasteiger partial charge in [0.1, 0.15) is 11.9 Å². The molecule has 2 aromatic carbocycles. The monoisotopic (exact) mass is 415 g/mol. The minimum atomic E-state index is -0.311. The van der Waals surface area contributed by atoms with Crippen LogP contribution in [0.2, 0.25) is 5.02 Å². The van der Waals surface area contributed by atoms with Gasteiger partial charge in [-0.3, -0.25) is 15.0 Å². The lowest BCUT2D eigenvalue weighted by molar-refractivity contribution is -0.126. The van der Waals surface area contributed by atoms with Crippen LogP contribution >= 0.6 is 11.6 Å². The van der Waals surface area contributed by atoms with Crippen molar-refractivity contribution in [2.75, 3.05) is 11.9 Å². The highest BCUT2D eigenvalue weighted by Crippen LogP contribution is 2.27. The maximum Gasteiger partial charge on any atom is 0.276 e. The first kappa shape index (κ1) is 21.0. The Morgan fingerprint density at radius 2 is 2.03 bits per heavy atom. The molecule has 2 aromatic rings. The van der Waals surface area contributed by atoms with Gasteiger partial charge in [-0.15, -0.1) is 0 Å². The summed E-state index contributed by atoms with van der Waals surface area (Å²) in [7, 11) is 0. The molecule has 0 radical (unpaired) electrons. The molecule has 0 bridgehead atoms. The first-order valence-electron chi connectivity index (χ1n) is 9.74. The summed E-state index contributed by atoms with van der Waals surface area (Å²) in [5.41, 5.74) is 5.05. The fourth-order valence-electron chi connectivity index (χ4n) is 3.24. The second-order valence-electron chi connectivity index (χ2n) is 7.45. The van der Waals surface area contributed by atoms with Crippen LogP contribution in [0.25, 0.3) is 0 Å². The number of nitrogens with zero attached hydrogens (tertiary/aromatic N) is 1. The maximum atomic E-state index is 12.9. The summed E-state index contributed by atoms with van der Waals surface area (Å²) in [5.74, 6) is 0.437. The summed E-state index contributed by atoms with van der Waals surface area (Å²) in [6, 6.07) is 12.7. The number of benzene rings is 2. The molecule has 1 unspecified atom stereocenters. The van der Waals surface area contributed by atoms with E-state index in [4.69, 9.17) is 16.3 Å². The number of carbonyl (C=O) groups excluding carboxylic acids is 2. The second kappa shape index (κ2) is 9.18. The van der Waals surface area contributed by atoms with E-state index in [1.807, 2.05) is 51.1 Å². The van der Waals surface area contributed by atoms with E-state index in [1.165, 1.54) is 5.01 Å². The average Bonchev–Trinajstić information content (AvgIpc) is 2.68. The summed E-state index contributed by atoms with van der Waals surface area (Å²) in [4.78, 5) is 25.3. The van der Waals surface area contributed by atoms with Gasteiger partial charge in [0, 0.05) is 17.1 Å². The number of hydrogen-bond donors (Lipinski definition) is 2. The van der Waals surface area contributed by atoms with Crippen LogP contribution in [0, 0.1) is 12.8 Å². The summed E-state index contributed by atoms with van der Waals surface area (Å²) in [6.07, 6.45) is 0.476. The highest BCUT2D eigenvalue weighted by Gasteiger charge is 2.34. The van der Waals surface area contributed by atoms with Gasteiger partial charge in [0.15, 0.2) is 0 Å². The molecule has 1 heterocycles. The molecular formula is C22H26ClN3O3. The van der Waals surface area contributed by atoms with E-state index in [0.717, 1.165) is 17.0 Å². The van der Waals surface area contributed by atoms with Gasteiger partial charge < -0.3 is 10.1 Å². The topological polar surface area (TPSA) is 70.7 Å². The van der Waals surface area contributed by atoms with Crippen molar-refractivity contribution in [2.24, 2.45) is 5.92 Å². The number of hydrazine groups is 1. The largest absolute Gasteiger partial charge is 0.493 e. The number of ether oxygens (including phenoxy) is 1. The molecule has 0 fully saturated rings. The molecule has 0 spiro atoms. The van der Waals surface area contributed by atoms with Crippen LogP contribution in [0.5, 0.6) is 5.75 Å². The summed E-state index contributed by atoms with van der Waals surface area (Å²) < 4.78 is 5.73. The van der Waals surface area contributed by atoms with Gasteiger partial charge in [-0.05, 0) is 55.2 Å². The smallest absolute Gasteiger partial charge is 0.276 e. The van der Waals surface area contributed by atoms with E-state index >= 15 is 0 Å². The van der Waals surface area contributed by atoms with E-state index in [0.29, 0.717) is 23.6 Å². The Bertz CT molecular complexity index is 901. The van der Waals surface area contributed by atoms with E-state index in [-0.39, 0.29) is 30.3 Å². The molecule has 154 valence electrons. The van der Waals surface area contributed by atoms with Crippen LogP contribution in [0.4, 0.5) is 5.69 Å². The molecular weight excluding hydrogens is 390 g/mol. The van der Waals surface area contributed by atoms with Gasteiger partial charge in [-0.25, -0.2) is 5.01 Å². The number of fused-ring (bicyclic) bond motifs is 1. The van der Waals surface area contributed by atoms with E-state index in [1.54, 1.807) is 12.1 Å². The predicted molar refractivity (Wildman–Crippen MR) is 114 cm³/mol. The fraction of sp³-hybridized carbons (Fsp3) is 0.364. The minimum Gasteiger partial charge on any atom is -0.493 e. The van der Waals surface area contributed by atoms with Crippen LogP contribution in [-0.4, -0.2) is 29.6 Å². The van der Waals surface area contributed by atoms with Crippen molar-refractivity contribution in [3.63, 3.8) is 0 Å². The molecule has 7 heteroatoms. The number of anilines is 1. The number of nitrogens with one attached hydrogen (secondary N) is 2. The van der Waals surface area contributed by atoms with Crippen LogP contribution in [0.3, 0.4) is 0 Å². The summed E-state index contributed by atoms with van der Waals surface area (Å²) in [6.45, 7) is 6.33. The third-order valence-electron chi connectivity index (χ3n) is 4.78. The molecule has 2 amide bonds. The van der Waals surface area contributed by atoms with E-state index in [2.05, 4.69) is 10.7 Å². The Balaban J connectivity index is 1.55. The Labute approximate surface area is 176 Å². The van der Waals surface area contributed by atoms with Crippen molar-refractivity contribution in [1.82, 2.24) is 10.4 Å². The first-order valence-corrected chi connectivity index (χ1v) is 10.1. The van der Waals surface area contributed by atoms with Crippen LogP contribution in [0.15, 0.2) is 42.5 Å². The number of amides is 2. The van der Waals surface area contributed by atoms with Crippen molar-refractivity contribution in [2.45, 2.75) is 39.8 Å². The van der Waals surface area contributed by atoms with Crippen molar-refractivity contribution in [1.29, 1.82) is 0 Å². The van der Waals surface area contributed by atoms with Crippen LogP contribution in [-0.2, 0) is 4.79 Å².